The molecule has 1 heterocycles. The lowest BCUT2D eigenvalue weighted by Gasteiger charge is -2.20. The van der Waals surface area contributed by atoms with Crippen molar-refractivity contribution in [2.75, 3.05) is 11.9 Å². The smallest absolute Gasteiger partial charge is 0.335 e. The summed E-state index contributed by atoms with van der Waals surface area (Å²) in [5, 5.41) is 11.7. The highest BCUT2D eigenvalue weighted by molar-refractivity contribution is 5.99. The van der Waals surface area contributed by atoms with Crippen LogP contribution in [-0.2, 0) is 4.79 Å². The number of hydrogen-bond acceptors (Lipinski definition) is 3. The number of halogens is 1. The van der Waals surface area contributed by atoms with Crippen LogP contribution in [-0.4, -0.2) is 17.6 Å². The van der Waals surface area contributed by atoms with E-state index in [1.807, 2.05) is 0 Å². The van der Waals surface area contributed by atoms with Gasteiger partial charge in [0, 0.05) is 17.8 Å². The summed E-state index contributed by atoms with van der Waals surface area (Å²) in [5.74, 6) is -1.53. The van der Waals surface area contributed by atoms with Gasteiger partial charge in [-0.1, -0.05) is 0 Å². The van der Waals surface area contributed by atoms with Crippen molar-refractivity contribution in [3.8, 4) is 0 Å². The Kier molecular flexibility index (Phi) is 2.07. The maximum absolute atomic E-state index is 12.9. The normalized spacial score (nSPS) is 14.5. The topological polar surface area (TPSA) is 75.4 Å². The second-order valence-corrected chi connectivity index (χ2v) is 3.24. The van der Waals surface area contributed by atoms with Gasteiger partial charge in [-0.25, -0.2) is 9.18 Å². The zero-order valence-corrected chi connectivity index (χ0v) is 7.75. The van der Waals surface area contributed by atoms with Crippen LogP contribution in [0.1, 0.15) is 5.56 Å². The zero-order valence-electron chi connectivity index (χ0n) is 7.75. The molecule has 0 spiro atoms. The minimum atomic E-state index is -1.09. The second-order valence-electron chi connectivity index (χ2n) is 3.24. The summed E-state index contributed by atoms with van der Waals surface area (Å²) in [7, 11) is 0. The Morgan fingerprint density at radius 3 is 2.93 bits per heavy atom. The summed E-state index contributed by atoms with van der Waals surface area (Å²) in [4.78, 5) is 10.8. The van der Waals surface area contributed by atoms with Gasteiger partial charge in [-0.3, -0.25) is 0 Å². The highest BCUT2D eigenvalue weighted by Crippen LogP contribution is 2.28. The van der Waals surface area contributed by atoms with Gasteiger partial charge in [-0.05, 0) is 18.2 Å². The molecular weight excluding hydrogens is 199 g/mol. The number of carboxylic acid groups (broad SMARTS) is 1. The van der Waals surface area contributed by atoms with E-state index in [4.69, 9.17) is 10.8 Å². The van der Waals surface area contributed by atoms with Crippen LogP contribution >= 0.6 is 0 Å². The van der Waals surface area contributed by atoms with Gasteiger partial charge in [0.25, 0.3) is 0 Å². The third-order valence-electron chi connectivity index (χ3n) is 2.31. The predicted octanol–water partition coefficient (Wildman–Crippen LogP) is 1.01. The number of hydrogen-bond donors (Lipinski definition) is 3. The molecule has 0 saturated carbocycles. The van der Waals surface area contributed by atoms with E-state index in [-0.39, 0.29) is 17.8 Å². The van der Waals surface area contributed by atoms with Crippen LogP contribution in [0, 0.1) is 5.82 Å². The van der Waals surface area contributed by atoms with Gasteiger partial charge in [-0.2, -0.15) is 0 Å². The molecule has 78 valence electrons. The Balaban J connectivity index is 2.59. The number of anilines is 1. The Bertz CT molecular complexity index is 468. The van der Waals surface area contributed by atoms with E-state index < -0.39 is 11.8 Å². The van der Waals surface area contributed by atoms with E-state index in [1.165, 1.54) is 18.2 Å². The summed E-state index contributed by atoms with van der Waals surface area (Å²) < 4.78 is 12.9. The van der Waals surface area contributed by atoms with E-state index in [0.717, 1.165) is 0 Å². The standard InChI is InChI=1S/C10H9FN2O2/c11-5-1-2-8-6(3-5)9(12)7(4-13-8)10(14)15/h1-3,13H,4,12H2,(H,14,15). The second kappa shape index (κ2) is 3.27. The van der Waals surface area contributed by atoms with E-state index in [1.54, 1.807) is 0 Å². The van der Waals surface area contributed by atoms with Crippen molar-refractivity contribution < 1.29 is 14.3 Å². The lowest BCUT2D eigenvalue weighted by atomic mass is 10.0. The Hall–Kier alpha value is -2.04. The lowest BCUT2D eigenvalue weighted by molar-refractivity contribution is -0.132. The first-order valence-corrected chi connectivity index (χ1v) is 4.35. The molecule has 1 aromatic carbocycles. The van der Waals surface area contributed by atoms with Crippen LogP contribution in [0.25, 0.3) is 5.70 Å². The van der Waals surface area contributed by atoms with Gasteiger partial charge >= 0.3 is 5.97 Å². The molecule has 5 heteroatoms. The molecule has 0 fully saturated rings. The third-order valence-corrected chi connectivity index (χ3v) is 2.31. The van der Waals surface area contributed by atoms with Crippen LogP contribution in [0.3, 0.4) is 0 Å². The summed E-state index contributed by atoms with van der Waals surface area (Å²) in [6, 6.07) is 4.06. The molecule has 2 rings (SSSR count). The van der Waals surface area contributed by atoms with Crippen molar-refractivity contribution in [3.05, 3.63) is 35.2 Å². The van der Waals surface area contributed by atoms with Crippen molar-refractivity contribution in [1.29, 1.82) is 0 Å². The molecule has 1 aliphatic heterocycles. The van der Waals surface area contributed by atoms with Crippen molar-refractivity contribution in [1.82, 2.24) is 0 Å². The molecule has 0 bridgehead atoms. The van der Waals surface area contributed by atoms with Gasteiger partial charge in [0.2, 0.25) is 0 Å². The minimum Gasteiger partial charge on any atom is -0.478 e. The maximum Gasteiger partial charge on any atom is 0.335 e. The average Bonchev–Trinajstić information content (AvgIpc) is 2.19. The first kappa shape index (κ1) is 9.51. The number of carboxylic acids is 1. The summed E-state index contributed by atoms with van der Waals surface area (Å²) in [5.41, 5.74) is 6.89. The Morgan fingerprint density at radius 2 is 2.27 bits per heavy atom. The number of rotatable bonds is 1. The monoisotopic (exact) mass is 208 g/mol. The number of carbonyl (C=O) groups is 1. The predicted molar refractivity (Wildman–Crippen MR) is 53.6 cm³/mol. The largest absolute Gasteiger partial charge is 0.478 e. The fourth-order valence-electron chi connectivity index (χ4n) is 1.53. The summed E-state index contributed by atoms with van der Waals surface area (Å²) in [6.45, 7) is 0.153. The maximum atomic E-state index is 12.9. The SMILES string of the molecule is NC1=C(C(=O)O)CNc2ccc(F)cc21. The first-order valence-electron chi connectivity index (χ1n) is 4.35. The molecule has 1 aromatic rings. The van der Waals surface area contributed by atoms with Crippen molar-refractivity contribution >= 4 is 17.4 Å². The number of nitrogens with two attached hydrogens (primary N) is 1. The highest BCUT2D eigenvalue weighted by Gasteiger charge is 2.21. The van der Waals surface area contributed by atoms with Crippen LogP contribution < -0.4 is 11.1 Å². The lowest BCUT2D eigenvalue weighted by Crippen LogP contribution is -2.23. The van der Waals surface area contributed by atoms with Crippen molar-refractivity contribution in [2.24, 2.45) is 5.73 Å². The number of benzene rings is 1. The molecule has 0 radical (unpaired) electrons. The van der Waals surface area contributed by atoms with E-state index in [0.29, 0.717) is 11.3 Å². The Labute approximate surface area is 85.2 Å². The van der Waals surface area contributed by atoms with Gasteiger partial charge in [0.05, 0.1) is 11.3 Å². The summed E-state index contributed by atoms with van der Waals surface area (Å²) >= 11 is 0. The van der Waals surface area contributed by atoms with E-state index >= 15 is 0 Å². The highest BCUT2D eigenvalue weighted by atomic mass is 19.1. The van der Waals surface area contributed by atoms with Crippen LogP contribution in [0.4, 0.5) is 10.1 Å². The van der Waals surface area contributed by atoms with Crippen LogP contribution in [0.5, 0.6) is 0 Å². The van der Waals surface area contributed by atoms with E-state index in [9.17, 15) is 9.18 Å². The minimum absolute atomic E-state index is 0.0631. The van der Waals surface area contributed by atoms with Gasteiger partial charge < -0.3 is 16.2 Å². The molecule has 4 nitrogen and oxygen atoms in total. The van der Waals surface area contributed by atoms with Gasteiger partial charge in [0.1, 0.15) is 5.82 Å². The average molecular weight is 208 g/mol. The number of nitrogens with one attached hydrogen (secondary N) is 1. The fourth-order valence-corrected chi connectivity index (χ4v) is 1.53. The van der Waals surface area contributed by atoms with Crippen molar-refractivity contribution in [3.63, 3.8) is 0 Å². The third kappa shape index (κ3) is 1.52. The number of fused-ring (bicyclic) bond motifs is 1. The van der Waals surface area contributed by atoms with Gasteiger partial charge in [-0.15, -0.1) is 0 Å². The summed E-state index contributed by atoms with van der Waals surface area (Å²) in [6.07, 6.45) is 0. The molecule has 15 heavy (non-hydrogen) atoms. The van der Waals surface area contributed by atoms with Gasteiger partial charge in [0.15, 0.2) is 0 Å². The molecule has 0 atom stereocenters. The molecule has 1 aliphatic rings. The molecule has 4 N–H and O–H groups in total. The molecule has 0 amide bonds. The molecule has 0 saturated heterocycles. The van der Waals surface area contributed by atoms with Crippen molar-refractivity contribution in [2.45, 2.75) is 0 Å². The molecule has 0 unspecified atom stereocenters. The molecule has 0 aromatic heterocycles. The molecular formula is C10H9FN2O2. The quantitative estimate of drug-likeness (QED) is 0.643. The first-order chi connectivity index (χ1) is 7.09. The number of aliphatic carboxylic acids is 1. The molecule has 0 aliphatic carbocycles. The van der Waals surface area contributed by atoms with Crippen LogP contribution in [0.2, 0.25) is 0 Å². The Morgan fingerprint density at radius 1 is 1.53 bits per heavy atom. The fraction of sp³-hybridized carbons (Fsp3) is 0.100. The van der Waals surface area contributed by atoms with E-state index in [2.05, 4.69) is 5.32 Å². The zero-order chi connectivity index (χ0) is 11.0. The van der Waals surface area contributed by atoms with Crippen LogP contribution in [0.15, 0.2) is 23.8 Å².